The summed E-state index contributed by atoms with van der Waals surface area (Å²) in [5.41, 5.74) is 17.7. The van der Waals surface area contributed by atoms with Gasteiger partial charge in [-0.2, -0.15) is 0 Å². The molecule has 0 saturated carbocycles. The van der Waals surface area contributed by atoms with Crippen LogP contribution >= 0.6 is 0 Å². The minimum Gasteiger partial charge on any atom is -0.310 e. The van der Waals surface area contributed by atoms with E-state index in [4.69, 9.17) is 15.0 Å². The van der Waals surface area contributed by atoms with Crippen LogP contribution in [0.15, 0.2) is 231 Å². The Kier molecular flexibility index (Phi) is 8.36. The van der Waals surface area contributed by atoms with E-state index < -0.39 is 5.41 Å². The Labute approximate surface area is 361 Å². The fourth-order valence-corrected chi connectivity index (χ4v) is 9.77. The van der Waals surface area contributed by atoms with Crippen LogP contribution in [0.2, 0.25) is 0 Å². The molecule has 1 aliphatic heterocycles. The number of fused-ring (bicyclic) bond motifs is 9. The van der Waals surface area contributed by atoms with Crippen LogP contribution in [-0.4, -0.2) is 15.0 Å². The lowest BCUT2D eigenvalue weighted by molar-refractivity contribution is 0.753. The summed E-state index contributed by atoms with van der Waals surface area (Å²) in [5, 5.41) is 0. The Morgan fingerprint density at radius 2 is 0.694 bits per heavy atom. The van der Waals surface area contributed by atoms with Crippen molar-refractivity contribution in [3.05, 3.63) is 253 Å². The molecule has 1 aromatic heterocycles. The first-order valence-electron chi connectivity index (χ1n) is 21.1. The minimum atomic E-state index is -0.594. The summed E-state index contributed by atoms with van der Waals surface area (Å²) in [7, 11) is 0. The SMILES string of the molecule is c1ccc(-c2ccc(-c3cccc(-c4nc(-c5ccccc5)nc(-c5ccc6c(c5)C5(c7ccccc7-6)c6ccccc6N(c6ccccc6)c6ccccc65)n4)c3)cc2)cc1. The van der Waals surface area contributed by atoms with Gasteiger partial charge in [0.05, 0.1) is 16.8 Å². The van der Waals surface area contributed by atoms with E-state index in [0.29, 0.717) is 17.5 Å². The number of para-hydroxylation sites is 3. The molecule has 0 radical (unpaired) electrons. The molecule has 4 nitrogen and oxygen atoms in total. The molecule has 10 aromatic rings. The summed E-state index contributed by atoms with van der Waals surface area (Å²) in [6, 6.07) is 82.2. The van der Waals surface area contributed by atoms with E-state index in [-0.39, 0.29) is 0 Å². The number of aromatic nitrogens is 3. The first-order valence-corrected chi connectivity index (χ1v) is 21.1. The average molecular weight is 791 g/mol. The maximum absolute atomic E-state index is 5.31. The van der Waals surface area contributed by atoms with Gasteiger partial charge >= 0.3 is 0 Å². The zero-order valence-electron chi connectivity index (χ0n) is 33.7. The lowest BCUT2D eigenvalue weighted by Gasteiger charge is -2.45. The molecule has 4 heteroatoms. The molecular weight excluding hydrogens is 753 g/mol. The second-order valence-corrected chi connectivity index (χ2v) is 16.0. The Bertz CT molecular complexity index is 3240. The third kappa shape index (κ3) is 5.65. The lowest BCUT2D eigenvalue weighted by atomic mass is 9.64. The Morgan fingerprint density at radius 3 is 1.34 bits per heavy atom. The molecule has 2 aliphatic rings. The zero-order valence-corrected chi connectivity index (χ0v) is 33.7. The highest BCUT2D eigenvalue weighted by Gasteiger charge is 2.51. The predicted molar refractivity (Wildman–Crippen MR) is 253 cm³/mol. The van der Waals surface area contributed by atoms with E-state index in [2.05, 4.69) is 211 Å². The Hall–Kier alpha value is -8.21. The third-order valence-corrected chi connectivity index (χ3v) is 12.5. The maximum Gasteiger partial charge on any atom is 0.164 e. The van der Waals surface area contributed by atoms with E-state index in [1.165, 1.54) is 44.5 Å². The first-order chi connectivity index (χ1) is 30.7. The molecule has 0 amide bonds. The van der Waals surface area contributed by atoms with Crippen molar-refractivity contribution in [2.24, 2.45) is 0 Å². The fourth-order valence-electron chi connectivity index (χ4n) is 9.77. The number of hydrogen-bond donors (Lipinski definition) is 0. The molecule has 0 saturated heterocycles. The second-order valence-electron chi connectivity index (χ2n) is 16.0. The van der Waals surface area contributed by atoms with Crippen molar-refractivity contribution in [3.8, 4) is 67.5 Å². The van der Waals surface area contributed by atoms with Gasteiger partial charge in [-0.25, -0.2) is 15.0 Å². The number of anilines is 3. The molecule has 12 rings (SSSR count). The highest BCUT2D eigenvalue weighted by Crippen LogP contribution is 2.63. The normalized spacial score (nSPS) is 12.9. The van der Waals surface area contributed by atoms with Crippen molar-refractivity contribution in [2.45, 2.75) is 5.41 Å². The van der Waals surface area contributed by atoms with Gasteiger partial charge in [0.15, 0.2) is 17.5 Å². The molecule has 1 aliphatic carbocycles. The summed E-state index contributed by atoms with van der Waals surface area (Å²) in [4.78, 5) is 18.1. The van der Waals surface area contributed by atoms with Crippen molar-refractivity contribution in [2.75, 3.05) is 4.90 Å². The molecule has 0 unspecified atom stereocenters. The number of hydrogen-bond acceptors (Lipinski definition) is 4. The largest absolute Gasteiger partial charge is 0.310 e. The molecule has 0 N–H and O–H groups in total. The predicted octanol–water partition coefficient (Wildman–Crippen LogP) is 14.4. The molecule has 9 aromatic carbocycles. The van der Waals surface area contributed by atoms with Crippen molar-refractivity contribution in [1.29, 1.82) is 0 Å². The van der Waals surface area contributed by atoms with Crippen LogP contribution < -0.4 is 4.90 Å². The summed E-state index contributed by atoms with van der Waals surface area (Å²) >= 11 is 0. The van der Waals surface area contributed by atoms with Crippen molar-refractivity contribution in [1.82, 2.24) is 15.0 Å². The third-order valence-electron chi connectivity index (χ3n) is 12.5. The van der Waals surface area contributed by atoms with Crippen LogP contribution in [0.4, 0.5) is 17.1 Å². The number of benzene rings is 9. The summed E-state index contributed by atoms with van der Waals surface area (Å²) in [5.74, 6) is 1.89. The summed E-state index contributed by atoms with van der Waals surface area (Å²) in [6.07, 6.45) is 0. The zero-order chi connectivity index (χ0) is 41.0. The van der Waals surface area contributed by atoms with Crippen LogP contribution in [0.1, 0.15) is 22.3 Å². The van der Waals surface area contributed by atoms with E-state index in [1.54, 1.807) is 0 Å². The van der Waals surface area contributed by atoms with Gasteiger partial charge in [0, 0.05) is 22.4 Å². The molecule has 290 valence electrons. The van der Waals surface area contributed by atoms with Crippen LogP contribution in [0, 0.1) is 0 Å². The Balaban J connectivity index is 1.04. The van der Waals surface area contributed by atoms with E-state index in [9.17, 15) is 0 Å². The quantitative estimate of drug-likeness (QED) is 0.168. The van der Waals surface area contributed by atoms with E-state index in [0.717, 1.165) is 44.9 Å². The molecule has 1 spiro atoms. The first kappa shape index (κ1) is 35.7. The van der Waals surface area contributed by atoms with Gasteiger partial charge in [0.25, 0.3) is 0 Å². The highest BCUT2D eigenvalue weighted by molar-refractivity contribution is 5.96. The van der Waals surface area contributed by atoms with Gasteiger partial charge in [-0.1, -0.05) is 194 Å². The van der Waals surface area contributed by atoms with E-state index >= 15 is 0 Å². The smallest absolute Gasteiger partial charge is 0.164 e. The van der Waals surface area contributed by atoms with Crippen LogP contribution in [0.5, 0.6) is 0 Å². The van der Waals surface area contributed by atoms with E-state index in [1.807, 2.05) is 24.3 Å². The van der Waals surface area contributed by atoms with Gasteiger partial charge in [0.2, 0.25) is 0 Å². The highest BCUT2D eigenvalue weighted by atomic mass is 15.2. The number of rotatable bonds is 6. The average Bonchev–Trinajstić information content (AvgIpc) is 3.65. The summed E-state index contributed by atoms with van der Waals surface area (Å²) < 4.78 is 0. The monoisotopic (exact) mass is 790 g/mol. The van der Waals surface area contributed by atoms with Crippen molar-refractivity contribution >= 4 is 17.1 Å². The van der Waals surface area contributed by atoms with Gasteiger partial charge < -0.3 is 4.90 Å². The van der Waals surface area contributed by atoms with Gasteiger partial charge in [-0.15, -0.1) is 0 Å². The van der Waals surface area contributed by atoms with Gasteiger partial charge in [-0.3, -0.25) is 0 Å². The maximum atomic E-state index is 5.31. The van der Waals surface area contributed by atoms with Gasteiger partial charge in [-0.05, 0) is 92.0 Å². The molecule has 0 atom stereocenters. The van der Waals surface area contributed by atoms with Gasteiger partial charge in [0.1, 0.15) is 0 Å². The molecule has 2 heterocycles. The van der Waals surface area contributed by atoms with Crippen LogP contribution in [0.3, 0.4) is 0 Å². The fraction of sp³-hybridized carbons (Fsp3) is 0.0172. The second kappa shape index (κ2) is 14.5. The Morgan fingerprint density at radius 1 is 0.274 bits per heavy atom. The minimum absolute atomic E-state index is 0.594. The number of nitrogens with zero attached hydrogens (tertiary/aromatic N) is 4. The molecule has 62 heavy (non-hydrogen) atoms. The molecule has 0 bridgehead atoms. The molecular formula is C58H38N4. The lowest BCUT2D eigenvalue weighted by Crippen LogP contribution is -2.36. The van der Waals surface area contributed by atoms with Crippen LogP contribution in [-0.2, 0) is 5.41 Å². The van der Waals surface area contributed by atoms with Crippen molar-refractivity contribution < 1.29 is 0 Å². The van der Waals surface area contributed by atoms with Crippen LogP contribution in [0.25, 0.3) is 67.5 Å². The topological polar surface area (TPSA) is 41.9 Å². The molecule has 0 fully saturated rings. The van der Waals surface area contributed by atoms with Crippen molar-refractivity contribution in [3.63, 3.8) is 0 Å². The summed E-state index contributed by atoms with van der Waals surface area (Å²) in [6.45, 7) is 0. The standard InChI is InChI=1S/C58H38N4/c1-4-17-39(18-5-1)40-31-33-41(34-32-40)43-21-16-22-44(37-43)56-59-55(42-19-6-2-7-20-42)60-57(61-56)45-35-36-48-47-25-10-11-26-49(47)58(52(48)38-45)50-27-12-14-29-53(50)62(46-23-8-3-9-24-46)54-30-15-13-28-51(54)58/h1-38H.